The maximum absolute atomic E-state index is 13.5. The van der Waals surface area contributed by atoms with Crippen LogP contribution in [0.4, 0.5) is 0 Å². The monoisotopic (exact) mass is 522 g/mol. The number of nitrogens with two attached hydrogens (primary N) is 2. The Kier molecular flexibility index (Phi) is 11.3. The summed E-state index contributed by atoms with van der Waals surface area (Å²) in [5, 5.41) is 13.0. The zero-order valence-electron chi connectivity index (χ0n) is 23.4. The summed E-state index contributed by atoms with van der Waals surface area (Å²) in [6, 6.07) is 6.19. The molecular weight excluding hydrogens is 480 g/mol. The van der Waals surface area contributed by atoms with Crippen molar-refractivity contribution < 1.29 is 14.7 Å². The van der Waals surface area contributed by atoms with Crippen molar-refractivity contribution in [2.24, 2.45) is 11.5 Å². The number of likely N-dealkylation sites (tertiary alicyclic amines) is 1. The molecule has 1 aromatic carbocycles. The van der Waals surface area contributed by atoms with Crippen molar-refractivity contribution in [1.82, 2.24) is 19.8 Å². The Bertz CT molecular complexity index is 1190. The van der Waals surface area contributed by atoms with Crippen LogP contribution < -0.4 is 16.8 Å². The van der Waals surface area contributed by atoms with Gasteiger partial charge in [-0.2, -0.15) is 0 Å². The summed E-state index contributed by atoms with van der Waals surface area (Å²) in [6.45, 7) is 11.7. The van der Waals surface area contributed by atoms with Crippen molar-refractivity contribution in [3.63, 3.8) is 0 Å². The van der Waals surface area contributed by atoms with Gasteiger partial charge in [0.15, 0.2) is 0 Å². The molecule has 1 aliphatic heterocycles. The topological polar surface area (TPSA) is 140 Å². The number of nitrogens with zero attached hydrogens (tertiary/aromatic N) is 3. The highest BCUT2D eigenvalue weighted by Crippen LogP contribution is 2.26. The molecular formula is C29H42N6O3. The Balaban J connectivity index is 0.00000247. The molecule has 0 aliphatic carbocycles. The maximum Gasteiger partial charge on any atom is 0.271 e. The van der Waals surface area contributed by atoms with Crippen LogP contribution in [0.15, 0.2) is 60.3 Å². The summed E-state index contributed by atoms with van der Waals surface area (Å²) in [6.07, 6.45) is 7.69. The number of rotatable bonds is 8. The third-order valence-corrected chi connectivity index (χ3v) is 6.43. The van der Waals surface area contributed by atoms with Crippen molar-refractivity contribution in [2.45, 2.75) is 66.5 Å². The van der Waals surface area contributed by atoms with E-state index < -0.39 is 12.1 Å². The number of allylic oxidation sites excluding steroid dienone is 3. The van der Waals surface area contributed by atoms with Gasteiger partial charge >= 0.3 is 0 Å². The summed E-state index contributed by atoms with van der Waals surface area (Å²) >= 11 is 0. The molecule has 2 atom stereocenters. The van der Waals surface area contributed by atoms with E-state index in [1.54, 1.807) is 22.0 Å². The van der Waals surface area contributed by atoms with Crippen LogP contribution in [0.2, 0.25) is 0 Å². The number of hydrogen-bond donors (Lipinski definition) is 4. The lowest BCUT2D eigenvalue weighted by atomic mass is 9.97. The van der Waals surface area contributed by atoms with Gasteiger partial charge < -0.3 is 31.4 Å². The molecule has 2 amide bonds. The number of aliphatic hydroxyl groups is 1. The molecule has 9 nitrogen and oxygen atoms in total. The fourth-order valence-electron chi connectivity index (χ4n) is 4.49. The third kappa shape index (κ3) is 6.92. The predicted octanol–water partition coefficient (Wildman–Crippen LogP) is 3.47. The summed E-state index contributed by atoms with van der Waals surface area (Å²) in [7, 11) is 0. The second kappa shape index (κ2) is 14.2. The largest absolute Gasteiger partial charge is 0.404 e. The van der Waals surface area contributed by atoms with E-state index in [4.69, 9.17) is 11.5 Å². The molecule has 0 saturated carbocycles. The molecule has 1 aromatic heterocycles. The Morgan fingerprint density at radius 2 is 1.82 bits per heavy atom. The number of carbonyl (C=O) groups is 2. The highest BCUT2D eigenvalue weighted by Gasteiger charge is 2.37. The van der Waals surface area contributed by atoms with Crippen LogP contribution in [0.1, 0.15) is 70.3 Å². The Morgan fingerprint density at radius 1 is 1.16 bits per heavy atom. The van der Waals surface area contributed by atoms with E-state index in [2.05, 4.69) is 10.3 Å². The first-order valence-corrected chi connectivity index (χ1v) is 13.0. The number of amides is 2. The number of nitrogens with one attached hydrogen (secondary N) is 1. The average Bonchev–Trinajstić information content (AvgIpc) is 3.58. The fraction of sp³-hybridized carbons (Fsp3) is 0.414. The van der Waals surface area contributed by atoms with Crippen molar-refractivity contribution in [2.75, 3.05) is 13.2 Å². The Hall–Kier alpha value is -3.85. The molecule has 2 heterocycles. The molecule has 1 fully saturated rings. The van der Waals surface area contributed by atoms with E-state index in [-0.39, 0.29) is 18.4 Å². The first-order valence-electron chi connectivity index (χ1n) is 13.0. The maximum atomic E-state index is 13.5. The normalized spacial score (nSPS) is 16.4. The summed E-state index contributed by atoms with van der Waals surface area (Å²) < 4.78 is 1.71. The van der Waals surface area contributed by atoms with Gasteiger partial charge in [-0.15, -0.1) is 0 Å². The van der Waals surface area contributed by atoms with Crippen LogP contribution in [0, 0.1) is 6.92 Å². The van der Waals surface area contributed by atoms with Crippen molar-refractivity contribution in [1.29, 1.82) is 0 Å². The second-order valence-corrected chi connectivity index (χ2v) is 9.22. The number of imidazole rings is 1. The first kappa shape index (κ1) is 30.4. The molecule has 0 bridgehead atoms. The fourth-order valence-corrected chi connectivity index (χ4v) is 4.49. The van der Waals surface area contributed by atoms with Crippen LogP contribution in [0.25, 0.3) is 11.3 Å². The molecule has 38 heavy (non-hydrogen) atoms. The third-order valence-electron chi connectivity index (χ3n) is 6.43. The van der Waals surface area contributed by atoms with Crippen LogP contribution in [-0.4, -0.2) is 50.6 Å². The van der Waals surface area contributed by atoms with Gasteiger partial charge in [0.1, 0.15) is 11.7 Å². The smallest absolute Gasteiger partial charge is 0.271 e. The number of aliphatic hydroxyl groups excluding tert-OH is 1. The van der Waals surface area contributed by atoms with Gasteiger partial charge in [-0.25, -0.2) is 4.98 Å². The van der Waals surface area contributed by atoms with Gasteiger partial charge in [0.25, 0.3) is 5.91 Å². The Labute approximate surface area is 225 Å². The van der Waals surface area contributed by atoms with Crippen LogP contribution >= 0.6 is 0 Å². The minimum absolute atomic E-state index is 0.209. The van der Waals surface area contributed by atoms with Gasteiger partial charge in [-0.05, 0) is 69.0 Å². The van der Waals surface area contributed by atoms with E-state index in [0.717, 1.165) is 40.0 Å². The Morgan fingerprint density at radius 3 is 2.32 bits per heavy atom. The quantitative estimate of drug-likeness (QED) is 0.309. The van der Waals surface area contributed by atoms with Gasteiger partial charge in [-0.3, -0.25) is 9.59 Å². The van der Waals surface area contributed by atoms with Crippen molar-refractivity contribution in [3.8, 4) is 0 Å². The minimum atomic E-state index is -0.617. The second-order valence-electron chi connectivity index (χ2n) is 9.22. The van der Waals surface area contributed by atoms with E-state index in [9.17, 15) is 14.7 Å². The molecule has 3 rings (SSSR count). The molecule has 206 valence electrons. The minimum Gasteiger partial charge on any atom is -0.404 e. The lowest BCUT2D eigenvalue weighted by Gasteiger charge is -2.27. The van der Waals surface area contributed by atoms with Gasteiger partial charge in [0.05, 0.1) is 24.7 Å². The number of aromatic nitrogens is 2. The first-order chi connectivity index (χ1) is 18.2. The zero-order chi connectivity index (χ0) is 28.4. The highest BCUT2D eigenvalue weighted by molar-refractivity contribution is 6.15. The van der Waals surface area contributed by atoms with Crippen molar-refractivity contribution >= 4 is 23.1 Å². The summed E-state index contributed by atoms with van der Waals surface area (Å²) in [5.41, 5.74) is 16.8. The van der Waals surface area contributed by atoms with E-state index in [0.29, 0.717) is 18.7 Å². The molecule has 2 unspecified atom stereocenters. The number of benzene rings is 1. The molecule has 2 aromatic rings. The van der Waals surface area contributed by atoms with Gasteiger partial charge in [0, 0.05) is 24.5 Å². The molecule has 0 spiro atoms. The van der Waals surface area contributed by atoms with E-state index >= 15 is 0 Å². The van der Waals surface area contributed by atoms with E-state index in [1.807, 2.05) is 65.8 Å². The SMILES string of the molecule is CC.CC(C)=C(C(=O)N1CCCC1C(=O)NC(CO)c1ccc(C(=C/N)/C(C)=C\N)cc1)n1cnc(C)c1. The highest BCUT2D eigenvalue weighted by atomic mass is 16.3. The predicted molar refractivity (Wildman–Crippen MR) is 152 cm³/mol. The average molecular weight is 523 g/mol. The summed E-state index contributed by atoms with van der Waals surface area (Å²) in [5.74, 6) is -0.497. The molecule has 1 aliphatic rings. The van der Waals surface area contributed by atoms with E-state index in [1.165, 1.54) is 12.4 Å². The van der Waals surface area contributed by atoms with Crippen LogP contribution in [0.3, 0.4) is 0 Å². The van der Waals surface area contributed by atoms with Gasteiger partial charge in [0.2, 0.25) is 5.91 Å². The molecule has 9 heteroatoms. The molecule has 1 saturated heterocycles. The summed E-state index contributed by atoms with van der Waals surface area (Å²) in [4.78, 5) is 32.6. The lowest BCUT2D eigenvalue weighted by molar-refractivity contribution is -0.135. The van der Waals surface area contributed by atoms with Crippen molar-refractivity contribution in [3.05, 3.63) is 77.2 Å². The van der Waals surface area contributed by atoms with Gasteiger partial charge in [-0.1, -0.05) is 38.1 Å². The standard InChI is InChI=1S/C27H36N6O3.C2H6/c1-17(2)25(32-14-19(4)30-16-32)27(36)33-11-5-6-24(33)26(35)31-23(15-34)21-9-7-20(8-10-21)22(13-29)18(3)12-28;1-2/h7-10,12-14,16,23-24,34H,5-6,11,15,28-29H2,1-4H3,(H,31,35);1-2H3/b18-12-,22-13+;. The number of hydrogen-bond acceptors (Lipinski definition) is 6. The zero-order valence-corrected chi connectivity index (χ0v) is 23.4. The van der Waals surface area contributed by atoms with Crippen LogP contribution in [0.5, 0.6) is 0 Å². The number of carbonyl (C=O) groups excluding carboxylic acids is 2. The molecule has 6 N–H and O–H groups in total. The lowest BCUT2D eigenvalue weighted by Crippen LogP contribution is -2.48. The number of aryl methyl sites for hydroxylation is 1. The van der Waals surface area contributed by atoms with Crippen LogP contribution in [-0.2, 0) is 9.59 Å². The molecule has 0 radical (unpaired) electrons.